The van der Waals surface area contributed by atoms with Gasteiger partial charge < -0.3 is 5.53 Å². The van der Waals surface area contributed by atoms with E-state index in [1.165, 1.54) is 155 Å². The molecule has 0 atom stereocenters. The maximum atomic E-state index is 9.34. The molecule has 0 aliphatic heterocycles. The third-order valence-corrected chi connectivity index (χ3v) is 11.5. The van der Waals surface area contributed by atoms with Gasteiger partial charge in [-0.15, -0.1) is 16.6 Å². The maximum absolute atomic E-state index is 9.34. The molecule has 0 N–H and O–H groups in total. The summed E-state index contributed by atoms with van der Waals surface area (Å²) in [4.78, 5) is 3.28. The van der Waals surface area contributed by atoms with Crippen LogP contribution in [0.4, 0.5) is 0 Å². The molecule has 2 rings (SSSR count). The number of allylic oxidation sites excluding steroid dienone is 2. The van der Waals surface area contributed by atoms with Crippen LogP contribution in [0.2, 0.25) is 10.8 Å². The van der Waals surface area contributed by atoms with Crippen molar-refractivity contribution in [3.63, 3.8) is 0 Å². The number of aryl methyl sites for hydroxylation is 2. The first-order valence-electron chi connectivity index (χ1n) is 22.4. The Morgan fingerprint density at radius 1 is 0.574 bits per heavy atom. The van der Waals surface area contributed by atoms with Gasteiger partial charge in [-0.3, -0.25) is 0 Å². The number of nitrogens with zero attached hydrogens (tertiary/aromatic N) is 2. The quantitative estimate of drug-likeness (QED) is 0.0144. The summed E-state index contributed by atoms with van der Waals surface area (Å²) in [7, 11) is 0. The molecule has 2 aromatic carbocycles. The van der Waals surface area contributed by atoms with E-state index >= 15 is 0 Å². The molecule has 0 aliphatic rings. The third kappa shape index (κ3) is 26.2. The first-order chi connectivity index (χ1) is 26.6. The van der Waals surface area contributed by atoms with Gasteiger partial charge in [-0.1, -0.05) is 172 Å². The zero-order valence-electron chi connectivity index (χ0n) is 35.7. The average molecular weight is 780 g/mol. The van der Waals surface area contributed by atoms with Crippen LogP contribution < -0.4 is 0 Å². The summed E-state index contributed by atoms with van der Waals surface area (Å²) in [6.45, 7) is 11.2. The van der Waals surface area contributed by atoms with E-state index in [1.807, 2.05) is 14.4 Å². The third-order valence-electron chi connectivity index (χ3n) is 9.79. The van der Waals surface area contributed by atoms with Crippen molar-refractivity contribution >= 4 is 11.4 Å². The van der Waals surface area contributed by atoms with Gasteiger partial charge in [0.05, 0.1) is 5.57 Å². The zero-order valence-corrected chi connectivity index (χ0v) is 36.7. The molecule has 0 heterocycles. The number of hydrogen-bond acceptors (Lipinski definition) is 0. The van der Waals surface area contributed by atoms with E-state index in [-0.39, 0.29) is 0 Å². The van der Waals surface area contributed by atoms with Crippen LogP contribution in [-0.2, 0) is 27.3 Å². The van der Waals surface area contributed by atoms with Gasteiger partial charge in [0.15, 0.2) is 0 Å². The summed E-state index contributed by atoms with van der Waals surface area (Å²) in [6.07, 6.45) is 35.1. The normalized spacial score (nSPS) is 10.9. The summed E-state index contributed by atoms with van der Waals surface area (Å²) < 4.78 is 0. The molecule has 0 aliphatic carbocycles. The Morgan fingerprint density at radius 3 is 1.67 bits per heavy atom. The molecule has 2 aromatic rings. The predicted octanol–water partition coefficient (Wildman–Crippen LogP) is 16.4. The first kappa shape index (κ1) is 49.4. The Morgan fingerprint density at radius 2 is 1.11 bits per heavy atom. The van der Waals surface area contributed by atoms with Gasteiger partial charge in [0.25, 0.3) is 0 Å². The average Bonchev–Trinajstić information content (AvgIpc) is 3.20. The second-order valence-corrected chi connectivity index (χ2v) is 16.4. The molecule has 0 saturated heterocycles. The summed E-state index contributed by atoms with van der Waals surface area (Å²) in [5.41, 5.74) is 16.5. The molecule has 0 amide bonds. The van der Waals surface area contributed by atoms with Gasteiger partial charge in [-0.25, -0.2) is 0 Å². The summed E-state index contributed by atoms with van der Waals surface area (Å²) in [5.74, 6) is 9.78. The monoisotopic (exact) mass is 779 g/mol. The zero-order chi connectivity index (χ0) is 39.2. The molecule has 0 aromatic heterocycles. The first-order valence-corrected chi connectivity index (χ1v) is 23.8. The van der Waals surface area contributed by atoms with Crippen molar-refractivity contribution in [2.24, 2.45) is 0 Å². The van der Waals surface area contributed by atoms with Gasteiger partial charge in [-0.05, 0) is 72.4 Å². The van der Waals surface area contributed by atoms with Crippen molar-refractivity contribution in [3.8, 4) is 11.8 Å². The fraction of sp³-hybridized carbons (Fsp3) is 0.647. The standard InChI is InChI=1S/C45H66N2.2C3H7.Ni/c1-4-7-10-11-12-13-14-15-16-17-18-19-20-21-22-23-24-25-26-31-42-32-27-28-33-44(42)45(38-41(39-47-46)30-9-6-3)43-36-34-40(35-37-43)29-8-5-2;2*1-3-2;/h27-28,32-38H,4-23,26,29-31H2,1-3H3;2*1,3H2,2H3;. The van der Waals surface area contributed by atoms with E-state index < -0.39 is 0 Å². The van der Waals surface area contributed by atoms with E-state index in [9.17, 15) is 5.53 Å². The van der Waals surface area contributed by atoms with Crippen LogP contribution >= 0.6 is 0 Å². The van der Waals surface area contributed by atoms with E-state index in [1.54, 1.807) is 0 Å². The van der Waals surface area contributed by atoms with Gasteiger partial charge in [0.1, 0.15) is 0 Å². The Hall–Kier alpha value is -2.61. The second-order valence-electron chi connectivity index (χ2n) is 14.9. The van der Waals surface area contributed by atoms with Crippen LogP contribution in [0.5, 0.6) is 0 Å². The number of benzene rings is 2. The summed E-state index contributed by atoms with van der Waals surface area (Å²) >= 11 is 1.90. The number of hydrogen-bond donors (Lipinski definition) is 0. The van der Waals surface area contributed by atoms with Crippen molar-refractivity contribution in [3.05, 3.63) is 88.0 Å². The molecule has 0 bridgehead atoms. The molecule has 304 valence electrons. The van der Waals surface area contributed by atoms with E-state index in [0.717, 1.165) is 56.1 Å². The van der Waals surface area contributed by atoms with Crippen LogP contribution in [0.1, 0.15) is 211 Å². The van der Waals surface area contributed by atoms with E-state index in [4.69, 9.17) is 0 Å². The Kier molecular flexibility index (Phi) is 34.2. The topological polar surface area (TPSA) is 36.4 Å². The number of unbranched alkanes of at least 4 members (excludes halogenated alkanes) is 17. The SMILES string of the molecule is CCCCCCCCCCCCCCCCCC#CCCc1ccccc1C(=CC(=C=[N+]=[N-])CCCC)c1ccc(CCCC)cc1.CC[CH2][Ni][CH2]CC. The fourth-order valence-electron chi connectivity index (χ4n) is 6.58. The molecule has 0 radical (unpaired) electrons. The van der Waals surface area contributed by atoms with Crippen LogP contribution in [-0.4, -0.2) is 10.7 Å². The van der Waals surface area contributed by atoms with Gasteiger partial charge in [-0.2, -0.15) is 0 Å². The molecule has 54 heavy (non-hydrogen) atoms. The van der Waals surface area contributed by atoms with Crippen molar-refractivity contribution in [1.82, 2.24) is 0 Å². The van der Waals surface area contributed by atoms with E-state index in [0.29, 0.717) is 0 Å². The van der Waals surface area contributed by atoms with Gasteiger partial charge >= 0.3 is 57.8 Å². The molecular formula is C51H80N2Ni. The van der Waals surface area contributed by atoms with Crippen molar-refractivity contribution < 1.29 is 19.2 Å². The minimum absolute atomic E-state index is 0.839. The molecule has 3 heteroatoms. The van der Waals surface area contributed by atoms with E-state index in [2.05, 4.69) is 112 Å². The van der Waals surface area contributed by atoms with Gasteiger partial charge in [0.2, 0.25) is 0 Å². The van der Waals surface area contributed by atoms with Crippen LogP contribution in [0.15, 0.2) is 60.2 Å². The second kappa shape index (κ2) is 37.3. The minimum atomic E-state index is 0.839. The van der Waals surface area contributed by atoms with Crippen molar-refractivity contribution in [2.45, 2.75) is 212 Å². The molecule has 0 spiro atoms. The molecule has 0 unspecified atom stereocenters. The molecular weight excluding hydrogens is 699 g/mol. The summed E-state index contributed by atoms with van der Waals surface area (Å²) in [5, 5.41) is 2.72. The van der Waals surface area contributed by atoms with Crippen molar-refractivity contribution in [2.75, 3.05) is 0 Å². The van der Waals surface area contributed by atoms with Crippen LogP contribution in [0, 0.1) is 11.8 Å². The molecule has 2 nitrogen and oxygen atoms in total. The van der Waals surface area contributed by atoms with Crippen molar-refractivity contribution in [1.29, 1.82) is 0 Å². The molecule has 0 fully saturated rings. The Balaban J connectivity index is 0.00000189. The Labute approximate surface area is 341 Å². The number of rotatable bonds is 30. The molecule has 0 saturated carbocycles. The Bertz CT molecular complexity index is 1340. The summed E-state index contributed by atoms with van der Waals surface area (Å²) in [6, 6.07) is 17.8. The van der Waals surface area contributed by atoms with Crippen LogP contribution in [0.3, 0.4) is 0 Å². The fourth-order valence-corrected chi connectivity index (χ4v) is 7.52. The van der Waals surface area contributed by atoms with Crippen LogP contribution in [0.25, 0.3) is 11.1 Å². The van der Waals surface area contributed by atoms with Gasteiger partial charge in [0, 0.05) is 12.8 Å². The predicted molar refractivity (Wildman–Crippen MR) is 236 cm³/mol.